The Kier molecular flexibility index (Phi) is 3.92. The minimum Gasteiger partial charge on any atom is -0.486 e. The van der Waals surface area contributed by atoms with Gasteiger partial charge in [0.1, 0.15) is 13.2 Å². The van der Waals surface area contributed by atoms with Crippen molar-refractivity contribution in [1.29, 1.82) is 0 Å². The summed E-state index contributed by atoms with van der Waals surface area (Å²) in [5.74, 6) is 0.285. The predicted octanol–water partition coefficient (Wildman–Crippen LogP) is 1.98. The SMILES string of the molecule is CCC(CNc1ccc2c(c1)OCCO2)C(=O)O. The molecule has 1 aliphatic heterocycles. The summed E-state index contributed by atoms with van der Waals surface area (Å²) in [5.41, 5.74) is 0.846. The Hall–Kier alpha value is -1.91. The van der Waals surface area contributed by atoms with Crippen molar-refractivity contribution in [1.82, 2.24) is 0 Å². The van der Waals surface area contributed by atoms with E-state index in [1.54, 1.807) is 0 Å². The van der Waals surface area contributed by atoms with Crippen molar-refractivity contribution in [3.05, 3.63) is 18.2 Å². The number of hydrogen-bond acceptors (Lipinski definition) is 4. The Morgan fingerprint density at radius 3 is 2.78 bits per heavy atom. The Morgan fingerprint density at radius 1 is 1.39 bits per heavy atom. The molecule has 0 saturated heterocycles. The fourth-order valence-electron chi connectivity index (χ4n) is 1.80. The summed E-state index contributed by atoms with van der Waals surface area (Å²) >= 11 is 0. The summed E-state index contributed by atoms with van der Waals surface area (Å²) < 4.78 is 10.9. The molecule has 1 aliphatic rings. The number of benzene rings is 1. The molecule has 5 heteroatoms. The standard InChI is InChI=1S/C13H17NO4/c1-2-9(13(15)16)8-14-10-3-4-11-12(7-10)18-6-5-17-11/h3-4,7,9,14H,2,5-6,8H2,1H3,(H,15,16). The van der Waals surface area contributed by atoms with Crippen LogP contribution in [0.25, 0.3) is 0 Å². The first-order valence-electron chi connectivity index (χ1n) is 6.07. The molecular formula is C13H17NO4. The van der Waals surface area contributed by atoms with Gasteiger partial charge in [0.15, 0.2) is 11.5 Å². The quantitative estimate of drug-likeness (QED) is 0.837. The van der Waals surface area contributed by atoms with Gasteiger partial charge in [0, 0.05) is 18.3 Å². The first kappa shape index (κ1) is 12.5. The highest BCUT2D eigenvalue weighted by Crippen LogP contribution is 2.32. The van der Waals surface area contributed by atoms with Crippen LogP contribution in [0.5, 0.6) is 11.5 Å². The van der Waals surface area contributed by atoms with Crippen LogP contribution in [0, 0.1) is 5.92 Å². The molecule has 1 atom stereocenters. The summed E-state index contributed by atoms with van der Waals surface area (Å²) in [6.45, 7) is 3.38. The van der Waals surface area contributed by atoms with E-state index in [0.29, 0.717) is 31.9 Å². The smallest absolute Gasteiger partial charge is 0.308 e. The van der Waals surface area contributed by atoms with Crippen molar-refractivity contribution in [2.75, 3.05) is 25.1 Å². The Morgan fingerprint density at radius 2 is 2.11 bits per heavy atom. The van der Waals surface area contributed by atoms with Crippen LogP contribution in [0.15, 0.2) is 18.2 Å². The van der Waals surface area contributed by atoms with Crippen LogP contribution in [-0.2, 0) is 4.79 Å². The van der Waals surface area contributed by atoms with Crippen LogP contribution in [-0.4, -0.2) is 30.8 Å². The number of carbonyl (C=O) groups is 1. The van der Waals surface area contributed by atoms with Crippen LogP contribution in [0.3, 0.4) is 0 Å². The Bertz CT molecular complexity index is 433. The highest BCUT2D eigenvalue weighted by atomic mass is 16.6. The average molecular weight is 251 g/mol. The third-order valence-corrected chi connectivity index (χ3v) is 2.94. The number of carboxylic acid groups (broad SMARTS) is 1. The van der Waals surface area contributed by atoms with Gasteiger partial charge in [0.2, 0.25) is 0 Å². The van der Waals surface area contributed by atoms with Gasteiger partial charge in [-0.3, -0.25) is 4.79 Å². The first-order valence-corrected chi connectivity index (χ1v) is 6.07. The van der Waals surface area contributed by atoms with E-state index in [2.05, 4.69) is 5.32 Å². The molecule has 0 radical (unpaired) electrons. The van der Waals surface area contributed by atoms with Gasteiger partial charge in [-0.25, -0.2) is 0 Å². The molecule has 0 fully saturated rings. The van der Waals surface area contributed by atoms with Gasteiger partial charge in [-0.2, -0.15) is 0 Å². The van der Waals surface area contributed by atoms with Gasteiger partial charge in [0.05, 0.1) is 5.92 Å². The number of nitrogens with one attached hydrogen (secondary N) is 1. The maximum absolute atomic E-state index is 10.9. The molecule has 0 aromatic heterocycles. The van der Waals surface area contributed by atoms with Gasteiger partial charge >= 0.3 is 5.97 Å². The van der Waals surface area contributed by atoms with Crippen molar-refractivity contribution < 1.29 is 19.4 Å². The second-order valence-corrected chi connectivity index (χ2v) is 4.18. The molecule has 1 unspecified atom stereocenters. The van der Waals surface area contributed by atoms with Gasteiger partial charge in [0.25, 0.3) is 0 Å². The molecule has 0 saturated carbocycles. The Labute approximate surface area is 106 Å². The number of aliphatic carboxylic acids is 1. The minimum absolute atomic E-state index is 0.377. The Balaban J connectivity index is 1.99. The molecule has 98 valence electrons. The summed E-state index contributed by atoms with van der Waals surface area (Å²) in [5, 5.41) is 12.1. The fraction of sp³-hybridized carbons (Fsp3) is 0.462. The van der Waals surface area contributed by atoms with E-state index in [1.165, 1.54) is 0 Å². The van der Waals surface area contributed by atoms with Crippen LogP contribution < -0.4 is 14.8 Å². The lowest BCUT2D eigenvalue weighted by Crippen LogP contribution is -2.22. The van der Waals surface area contributed by atoms with Crippen molar-refractivity contribution >= 4 is 11.7 Å². The zero-order valence-corrected chi connectivity index (χ0v) is 10.3. The molecule has 0 spiro atoms. The number of ether oxygens (including phenoxy) is 2. The molecule has 1 aromatic rings. The third kappa shape index (κ3) is 2.85. The van der Waals surface area contributed by atoms with Crippen LogP contribution in [0.1, 0.15) is 13.3 Å². The van der Waals surface area contributed by atoms with Gasteiger partial charge in [-0.05, 0) is 18.6 Å². The van der Waals surface area contributed by atoms with E-state index in [-0.39, 0.29) is 5.92 Å². The third-order valence-electron chi connectivity index (χ3n) is 2.94. The van der Waals surface area contributed by atoms with Gasteiger partial charge in [-0.1, -0.05) is 6.92 Å². The second-order valence-electron chi connectivity index (χ2n) is 4.18. The lowest BCUT2D eigenvalue weighted by molar-refractivity contribution is -0.141. The van der Waals surface area contributed by atoms with E-state index >= 15 is 0 Å². The van der Waals surface area contributed by atoms with E-state index in [4.69, 9.17) is 14.6 Å². The summed E-state index contributed by atoms with van der Waals surface area (Å²) in [6, 6.07) is 5.53. The molecular weight excluding hydrogens is 234 g/mol. The number of carboxylic acids is 1. The number of fused-ring (bicyclic) bond motifs is 1. The lowest BCUT2D eigenvalue weighted by Gasteiger charge is -2.19. The minimum atomic E-state index is -0.775. The molecule has 0 bridgehead atoms. The number of hydrogen-bond donors (Lipinski definition) is 2. The molecule has 0 amide bonds. The highest BCUT2D eigenvalue weighted by Gasteiger charge is 2.15. The zero-order chi connectivity index (χ0) is 13.0. The average Bonchev–Trinajstić information content (AvgIpc) is 2.39. The summed E-state index contributed by atoms with van der Waals surface area (Å²) in [6.07, 6.45) is 0.604. The van der Waals surface area contributed by atoms with E-state index in [1.807, 2.05) is 25.1 Å². The van der Waals surface area contributed by atoms with Crippen molar-refractivity contribution in [3.63, 3.8) is 0 Å². The largest absolute Gasteiger partial charge is 0.486 e. The second kappa shape index (κ2) is 5.62. The molecule has 2 N–H and O–H groups in total. The van der Waals surface area contributed by atoms with Crippen LogP contribution >= 0.6 is 0 Å². The molecule has 18 heavy (non-hydrogen) atoms. The zero-order valence-electron chi connectivity index (χ0n) is 10.3. The highest BCUT2D eigenvalue weighted by molar-refractivity contribution is 5.70. The molecule has 1 heterocycles. The van der Waals surface area contributed by atoms with Gasteiger partial charge < -0.3 is 19.9 Å². The maximum atomic E-state index is 10.9. The number of anilines is 1. The predicted molar refractivity (Wildman–Crippen MR) is 67.3 cm³/mol. The van der Waals surface area contributed by atoms with E-state index in [9.17, 15) is 4.79 Å². The first-order chi connectivity index (χ1) is 8.70. The molecule has 0 aliphatic carbocycles. The topological polar surface area (TPSA) is 67.8 Å². The molecule has 2 rings (SSSR count). The van der Waals surface area contributed by atoms with Gasteiger partial charge in [-0.15, -0.1) is 0 Å². The van der Waals surface area contributed by atoms with Crippen molar-refractivity contribution in [2.45, 2.75) is 13.3 Å². The van der Waals surface area contributed by atoms with Crippen LogP contribution in [0.2, 0.25) is 0 Å². The van der Waals surface area contributed by atoms with Crippen molar-refractivity contribution in [2.24, 2.45) is 5.92 Å². The fourth-order valence-corrected chi connectivity index (χ4v) is 1.80. The number of rotatable bonds is 5. The van der Waals surface area contributed by atoms with Crippen LogP contribution in [0.4, 0.5) is 5.69 Å². The monoisotopic (exact) mass is 251 g/mol. The summed E-state index contributed by atoms with van der Waals surface area (Å²) in [4.78, 5) is 10.9. The maximum Gasteiger partial charge on any atom is 0.308 e. The van der Waals surface area contributed by atoms with Crippen molar-refractivity contribution in [3.8, 4) is 11.5 Å². The van der Waals surface area contributed by atoms with E-state index < -0.39 is 5.97 Å². The molecule has 1 aromatic carbocycles. The van der Waals surface area contributed by atoms with E-state index in [0.717, 1.165) is 11.4 Å². The molecule has 5 nitrogen and oxygen atoms in total. The summed E-state index contributed by atoms with van der Waals surface area (Å²) in [7, 11) is 0. The lowest BCUT2D eigenvalue weighted by atomic mass is 10.1. The normalized spacial score (nSPS) is 14.9.